The molecule has 0 aromatic heterocycles. The molecule has 0 atom stereocenters. The van der Waals surface area contributed by atoms with Crippen LogP contribution in [0.15, 0.2) is 18.2 Å². The number of benzene rings is 1. The van der Waals surface area contributed by atoms with Gasteiger partial charge in [0.2, 0.25) is 0 Å². The topological polar surface area (TPSA) is 76.4 Å². The molecule has 2 amide bonds. The van der Waals surface area contributed by atoms with Gasteiger partial charge in [0, 0.05) is 31.6 Å². The van der Waals surface area contributed by atoms with Crippen molar-refractivity contribution in [3.8, 4) is 6.07 Å². The van der Waals surface area contributed by atoms with Gasteiger partial charge in [-0.15, -0.1) is 0 Å². The first-order valence-electron chi connectivity index (χ1n) is 7.02. The van der Waals surface area contributed by atoms with Crippen molar-refractivity contribution >= 4 is 11.7 Å². The van der Waals surface area contributed by atoms with Gasteiger partial charge in [0.05, 0.1) is 11.6 Å². The molecule has 1 aliphatic heterocycles. The molecule has 1 fully saturated rings. The van der Waals surface area contributed by atoms with Gasteiger partial charge < -0.3 is 15.3 Å². The van der Waals surface area contributed by atoms with Gasteiger partial charge in [0.25, 0.3) is 0 Å². The zero-order valence-corrected chi connectivity index (χ0v) is 12.4. The summed E-state index contributed by atoms with van der Waals surface area (Å²) in [5, 5.41) is 21.0. The van der Waals surface area contributed by atoms with E-state index in [-0.39, 0.29) is 13.1 Å². The number of urea groups is 1. The standard InChI is InChI=1S/C15H16F3N3O2/c1-10-2-3-11(9-19)8-12(10)20-13(22)21-6-4-14(23,5-7-21)15(16,17)18/h2-3,8,23H,4-7H2,1H3,(H,20,22). The van der Waals surface area contributed by atoms with Crippen LogP contribution in [0.2, 0.25) is 0 Å². The van der Waals surface area contributed by atoms with Crippen LogP contribution in [0.3, 0.4) is 0 Å². The number of alkyl halides is 3. The number of aliphatic hydroxyl groups is 1. The minimum Gasteiger partial charge on any atom is -0.380 e. The fourth-order valence-corrected chi connectivity index (χ4v) is 2.38. The SMILES string of the molecule is Cc1ccc(C#N)cc1NC(=O)N1CCC(O)(C(F)(F)F)CC1. The predicted molar refractivity (Wildman–Crippen MR) is 76.7 cm³/mol. The number of piperidine rings is 1. The third-order valence-corrected chi connectivity index (χ3v) is 4.01. The second-order valence-electron chi connectivity index (χ2n) is 5.59. The number of nitrogens with one attached hydrogen (secondary N) is 1. The van der Waals surface area contributed by atoms with Crippen LogP contribution in [0.25, 0.3) is 0 Å². The van der Waals surface area contributed by atoms with E-state index in [9.17, 15) is 23.1 Å². The number of hydrogen-bond acceptors (Lipinski definition) is 3. The number of halogens is 3. The van der Waals surface area contributed by atoms with Crippen LogP contribution in [0.5, 0.6) is 0 Å². The highest BCUT2D eigenvalue weighted by atomic mass is 19.4. The summed E-state index contributed by atoms with van der Waals surface area (Å²) in [5.74, 6) is 0. The van der Waals surface area contributed by atoms with Gasteiger partial charge in [-0.05, 0) is 24.6 Å². The Morgan fingerprint density at radius 1 is 1.39 bits per heavy atom. The highest BCUT2D eigenvalue weighted by Crippen LogP contribution is 2.38. The number of aryl methyl sites for hydroxylation is 1. The lowest BCUT2D eigenvalue weighted by Crippen LogP contribution is -2.55. The lowest BCUT2D eigenvalue weighted by Gasteiger charge is -2.39. The minimum atomic E-state index is -4.70. The van der Waals surface area contributed by atoms with E-state index in [1.807, 2.05) is 6.07 Å². The number of rotatable bonds is 1. The molecular formula is C15H16F3N3O2. The molecule has 1 saturated heterocycles. The molecule has 1 aromatic carbocycles. The molecule has 0 bridgehead atoms. The summed E-state index contributed by atoms with van der Waals surface area (Å²) in [4.78, 5) is 13.4. The number of nitriles is 1. The van der Waals surface area contributed by atoms with Crippen LogP contribution in [-0.4, -0.2) is 40.9 Å². The Bertz CT molecular complexity index is 644. The molecule has 23 heavy (non-hydrogen) atoms. The summed E-state index contributed by atoms with van der Waals surface area (Å²) in [7, 11) is 0. The van der Waals surface area contributed by atoms with Crippen LogP contribution in [0, 0.1) is 18.3 Å². The van der Waals surface area contributed by atoms with E-state index in [2.05, 4.69) is 5.32 Å². The molecular weight excluding hydrogens is 311 g/mol. The molecule has 1 aromatic rings. The van der Waals surface area contributed by atoms with Crippen molar-refractivity contribution in [2.75, 3.05) is 18.4 Å². The van der Waals surface area contributed by atoms with Crippen molar-refractivity contribution in [1.82, 2.24) is 4.90 Å². The lowest BCUT2D eigenvalue weighted by atomic mass is 9.91. The van der Waals surface area contributed by atoms with Crippen LogP contribution in [-0.2, 0) is 0 Å². The lowest BCUT2D eigenvalue weighted by molar-refractivity contribution is -0.271. The summed E-state index contributed by atoms with van der Waals surface area (Å²) in [5.41, 5.74) is -1.19. The van der Waals surface area contributed by atoms with Gasteiger partial charge in [-0.2, -0.15) is 18.4 Å². The number of carbonyl (C=O) groups is 1. The maximum atomic E-state index is 12.7. The molecule has 0 aliphatic carbocycles. The minimum absolute atomic E-state index is 0.196. The fraction of sp³-hybridized carbons (Fsp3) is 0.467. The maximum Gasteiger partial charge on any atom is 0.417 e. The van der Waals surface area contributed by atoms with Crippen molar-refractivity contribution in [2.24, 2.45) is 0 Å². The average molecular weight is 327 g/mol. The molecule has 0 spiro atoms. The van der Waals surface area contributed by atoms with Gasteiger partial charge in [0.15, 0.2) is 5.60 Å². The highest BCUT2D eigenvalue weighted by molar-refractivity contribution is 5.90. The number of hydrogen-bond donors (Lipinski definition) is 2. The third kappa shape index (κ3) is 3.56. The first-order valence-corrected chi connectivity index (χ1v) is 7.02. The summed E-state index contributed by atoms with van der Waals surface area (Å²) in [6, 6.07) is 6.19. The number of amides is 2. The number of anilines is 1. The molecule has 124 valence electrons. The predicted octanol–water partition coefficient (Wildman–Crippen LogP) is 2.79. The van der Waals surface area contributed by atoms with Gasteiger partial charge >= 0.3 is 12.2 Å². The number of nitrogens with zero attached hydrogens (tertiary/aromatic N) is 2. The normalized spacial score (nSPS) is 17.5. The smallest absolute Gasteiger partial charge is 0.380 e. The Morgan fingerprint density at radius 2 is 2.00 bits per heavy atom. The molecule has 2 N–H and O–H groups in total. The first-order chi connectivity index (χ1) is 10.7. The molecule has 0 saturated carbocycles. The Kier molecular flexibility index (Phi) is 4.52. The van der Waals surface area contributed by atoms with E-state index in [1.165, 1.54) is 11.0 Å². The zero-order chi connectivity index (χ0) is 17.3. The first kappa shape index (κ1) is 17.1. The van der Waals surface area contributed by atoms with Crippen LogP contribution in [0.4, 0.5) is 23.7 Å². The van der Waals surface area contributed by atoms with E-state index >= 15 is 0 Å². The Hall–Kier alpha value is -2.27. The van der Waals surface area contributed by atoms with E-state index in [0.29, 0.717) is 11.3 Å². The van der Waals surface area contributed by atoms with Crippen molar-refractivity contribution in [1.29, 1.82) is 5.26 Å². The average Bonchev–Trinajstić information content (AvgIpc) is 2.49. The second-order valence-corrected chi connectivity index (χ2v) is 5.59. The highest BCUT2D eigenvalue weighted by Gasteiger charge is 2.54. The Balaban J connectivity index is 2.03. The summed E-state index contributed by atoms with van der Waals surface area (Å²) in [6.45, 7) is 1.35. The fourth-order valence-electron chi connectivity index (χ4n) is 2.38. The van der Waals surface area contributed by atoms with Crippen LogP contribution < -0.4 is 5.32 Å². The van der Waals surface area contributed by atoms with Crippen molar-refractivity contribution in [2.45, 2.75) is 31.5 Å². The molecule has 5 nitrogen and oxygen atoms in total. The molecule has 2 rings (SSSR count). The van der Waals surface area contributed by atoms with Crippen LogP contribution in [0.1, 0.15) is 24.0 Å². The second kappa shape index (κ2) is 6.08. The van der Waals surface area contributed by atoms with Gasteiger partial charge in [0.1, 0.15) is 0 Å². The molecule has 0 unspecified atom stereocenters. The van der Waals surface area contributed by atoms with E-state index < -0.39 is 30.7 Å². The quantitative estimate of drug-likeness (QED) is 0.833. The summed E-state index contributed by atoms with van der Waals surface area (Å²) >= 11 is 0. The van der Waals surface area contributed by atoms with Crippen molar-refractivity contribution in [3.63, 3.8) is 0 Å². The van der Waals surface area contributed by atoms with Crippen LogP contribution >= 0.6 is 0 Å². The Morgan fingerprint density at radius 3 is 2.52 bits per heavy atom. The maximum absolute atomic E-state index is 12.7. The molecule has 0 radical (unpaired) electrons. The van der Waals surface area contributed by atoms with Gasteiger partial charge in [-0.1, -0.05) is 6.07 Å². The molecule has 1 heterocycles. The summed E-state index contributed by atoms with van der Waals surface area (Å²) in [6.07, 6.45) is -5.81. The monoisotopic (exact) mass is 327 g/mol. The Labute approximate surface area is 131 Å². The van der Waals surface area contributed by atoms with Gasteiger partial charge in [-0.25, -0.2) is 4.79 Å². The van der Waals surface area contributed by atoms with Crippen molar-refractivity contribution < 1.29 is 23.1 Å². The van der Waals surface area contributed by atoms with E-state index in [4.69, 9.17) is 5.26 Å². The van der Waals surface area contributed by atoms with E-state index in [1.54, 1.807) is 19.1 Å². The number of likely N-dealkylation sites (tertiary alicyclic amines) is 1. The largest absolute Gasteiger partial charge is 0.417 e. The van der Waals surface area contributed by atoms with Crippen molar-refractivity contribution in [3.05, 3.63) is 29.3 Å². The summed E-state index contributed by atoms with van der Waals surface area (Å²) < 4.78 is 38.2. The zero-order valence-electron chi connectivity index (χ0n) is 12.4. The molecule has 8 heteroatoms. The third-order valence-electron chi connectivity index (χ3n) is 4.01. The van der Waals surface area contributed by atoms with E-state index in [0.717, 1.165) is 5.56 Å². The molecule has 1 aliphatic rings. The number of carbonyl (C=O) groups excluding carboxylic acids is 1. The van der Waals surface area contributed by atoms with Gasteiger partial charge in [-0.3, -0.25) is 0 Å².